The summed E-state index contributed by atoms with van der Waals surface area (Å²) in [5, 5.41) is 2.54. The molecule has 0 amide bonds. The lowest BCUT2D eigenvalue weighted by Gasteiger charge is -2.47. The number of fused-ring (bicyclic) bond motifs is 5. The Morgan fingerprint density at radius 3 is 2.85 bits per heavy atom. The van der Waals surface area contributed by atoms with Crippen molar-refractivity contribution in [3.8, 4) is 5.75 Å². The summed E-state index contributed by atoms with van der Waals surface area (Å²) in [6, 6.07) is 12.8. The normalized spacial score (nSPS) is 27.5. The van der Waals surface area contributed by atoms with E-state index in [0.29, 0.717) is 5.92 Å². The van der Waals surface area contributed by atoms with Gasteiger partial charge in [-0.05, 0) is 43.5 Å². The van der Waals surface area contributed by atoms with Crippen LogP contribution in [0.3, 0.4) is 0 Å². The number of benzene rings is 2. The van der Waals surface area contributed by atoms with Crippen LogP contribution in [0.15, 0.2) is 36.4 Å². The third-order valence-corrected chi connectivity index (χ3v) is 4.80. The molecule has 0 aliphatic carbocycles. The van der Waals surface area contributed by atoms with Gasteiger partial charge in [-0.15, -0.1) is 0 Å². The van der Waals surface area contributed by atoms with Gasteiger partial charge in [0.05, 0.1) is 6.10 Å². The van der Waals surface area contributed by atoms with Gasteiger partial charge in [-0.1, -0.05) is 30.3 Å². The molecule has 2 aromatic carbocycles. The largest absolute Gasteiger partial charge is 0.487 e. The smallest absolute Gasteiger partial charge is 0.126 e. The zero-order chi connectivity index (χ0) is 13.7. The molecule has 2 heterocycles. The van der Waals surface area contributed by atoms with Gasteiger partial charge in [0, 0.05) is 18.1 Å². The minimum Gasteiger partial charge on any atom is -0.487 e. The third kappa shape index (κ3) is 1.68. The molecule has 4 rings (SSSR count). The SMILES string of the molecule is CC1(C)Oc2ccc3ccccc3c2C2OCCCC21. The van der Waals surface area contributed by atoms with Gasteiger partial charge in [0.1, 0.15) is 11.4 Å². The summed E-state index contributed by atoms with van der Waals surface area (Å²) in [5.74, 6) is 1.44. The Bertz CT molecular complexity index is 660. The molecule has 2 heteroatoms. The maximum atomic E-state index is 6.32. The molecule has 0 bridgehead atoms. The van der Waals surface area contributed by atoms with E-state index in [1.807, 2.05) is 0 Å². The second-order valence-corrected chi connectivity index (χ2v) is 6.44. The summed E-state index contributed by atoms with van der Waals surface area (Å²) in [6.07, 6.45) is 2.49. The van der Waals surface area contributed by atoms with Crippen LogP contribution >= 0.6 is 0 Å². The molecule has 1 fully saturated rings. The van der Waals surface area contributed by atoms with Crippen molar-refractivity contribution in [2.45, 2.75) is 38.4 Å². The Morgan fingerprint density at radius 2 is 1.95 bits per heavy atom. The van der Waals surface area contributed by atoms with E-state index < -0.39 is 0 Å². The Balaban J connectivity index is 1.97. The molecule has 0 spiro atoms. The van der Waals surface area contributed by atoms with Gasteiger partial charge in [-0.3, -0.25) is 0 Å². The van der Waals surface area contributed by atoms with Gasteiger partial charge in [0.25, 0.3) is 0 Å². The molecule has 0 radical (unpaired) electrons. The van der Waals surface area contributed by atoms with Crippen molar-refractivity contribution in [2.75, 3.05) is 6.61 Å². The van der Waals surface area contributed by atoms with Gasteiger partial charge in [0.2, 0.25) is 0 Å². The predicted molar refractivity (Wildman–Crippen MR) is 80.1 cm³/mol. The van der Waals surface area contributed by atoms with Crippen molar-refractivity contribution in [3.05, 3.63) is 42.0 Å². The summed E-state index contributed by atoms with van der Waals surface area (Å²) in [7, 11) is 0. The van der Waals surface area contributed by atoms with Gasteiger partial charge < -0.3 is 9.47 Å². The highest BCUT2D eigenvalue weighted by Crippen LogP contribution is 2.51. The molecular weight excluding hydrogens is 248 g/mol. The average molecular weight is 268 g/mol. The van der Waals surface area contributed by atoms with Gasteiger partial charge in [0.15, 0.2) is 0 Å². The molecule has 1 saturated heterocycles. The number of ether oxygens (including phenoxy) is 2. The summed E-state index contributed by atoms with van der Waals surface area (Å²) in [5.41, 5.74) is 1.10. The lowest BCUT2D eigenvalue weighted by molar-refractivity contribution is -0.115. The average Bonchev–Trinajstić information content (AvgIpc) is 2.46. The van der Waals surface area contributed by atoms with Crippen LogP contribution in [0.4, 0.5) is 0 Å². The van der Waals surface area contributed by atoms with Crippen molar-refractivity contribution >= 4 is 10.8 Å². The lowest BCUT2D eigenvalue weighted by Crippen LogP contribution is -2.47. The minimum atomic E-state index is -0.152. The minimum absolute atomic E-state index is 0.152. The van der Waals surface area contributed by atoms with Gasteiger partial charge >= 0.3 is 0 Å². The van der Waals surface area contributed by atoms with E-state index in [4.69, 9.17) is 9.47 Å². The van der Waals surface area contributed by atoms with Gasteiger partial charge in [-0.2, -0.15) is 0 Å². The highest BCUT2D eigenvalue weighted by atomic mass is 16.5. The lowest BCUT2D eigenvalue weighted by atomic mass is 9.75. The van der Waals surface area contributed by atoms with Crippen molar-refractivity contribution in [1.82, 2.24) is 0 Å². The molecule has 2 nitrogen and oxygen atoms in total. The van der Waals surface area contributed by atoms with Gasteiger partial charge in [-0.25, -0.2) is 0 Å². The summed E-state index contributed by atoms with van der Waals surface area (Å²) < 4.78 is 12.5. The van der Waals surface area contributed by atoms with E-state index in [9.17, 15) is 0 Å². The van der Waals surface area contributed by atoms with Crippen LogP contribution < -0.4 is 4.74 Å². The zero-order valence-corrected chi connectivity index (χ0v) is 12.1. The molecule has 0 aromatic heterocycles. The molecule has 2 atom stereocenters. The number of hydrogen-bond acceptors (Lipinski definition) is 2. The van der Waals surface area contributed by atoms with Crippen molar-refractivity contribution in [2.24, 2.45) is 5.92 Å². The maximum absolute atomic E-state index is 6.32. The molecule has 2 aromatic rings. The van der Waals surface area contributed by atoms with E-state index in [0.717, 1.165) is 18.8 Å². The first-order valence-electron chi connectivity index (χ1n) is 7.49. The first-order chi connectivity index (χ1) is 9.67. The van der Waals surface area contributed by atoms with Crippen molar-refractivity contribution in [1.29, 1.82) is 0 Å². The van der Waals surface area contributed by atoms with Crippen LogP contribution in [0.2, 0.25) is 0 Å². The Labute approximate surface area is 119 Å². The summed E-state index contributed by atoms with van der Waals surface area (Å²) >= 11 is 0. The first kappa shape index (κ1) is 12.2. The van der Waals surface area contributed by atoms with E-state index in [1.54, 1.807) is 0 Å². The van der Waals surface area contributed by atoms with Crippen LogP contribution in [0.5, 0.6) is 5.75 Å². The molecule has 0 saturated carbocycles. The predicted octanol–water partition coefficient (Wildman–Crippen LogP) is 4.48. The molecular formula is C18H20O2. The summed E-state index contributed by atoms with van der Waals surface area (Å²) in [4.78, 5) is 0. The van der Waals surface area contributed by atoms with E-state index in [-0.39, 0.29) is 11.7 Å². The maximum Gasteiger partial charge on any atom is 0.126 e. The highest BCUT2D eigenvalue weighted by molar-refractivity contribution is 5.88. The fourth-order valence-electron chi connectivity index (χ4n) is 3.79. The Morgan fingerprint density at radius 1 is 1.10 bits per heavy atom. The van der Waals surface area contributed by atoms with E-state index in [1.165, 1.54) is 22.8 Å². The van der Waals surface area contributed by atoms with Crippen molar-refractivity contribution < 1.29 is 9.47 Å². The van der Waals surface area contributed by atoms with E-state index in [2.05, 4.69) is 50.2 Å². The first-order valence-corrected chi connectivity index (χ1v) is 7.49. The van der Waals surface area contributed by atoms with E-state index >= 15 is 0 Å². The van der Waals surface area contributed by atoms with Crippen LogP contribution in [-0.4, -0.2) is 12.2 Å². The molecule has 2 unspecified atom stereocenters. The number of rotatable bonds is 0. The van der Waals surface area contributed by atoms with Crippen LogP contribution in [-0.2, 0) is 4.74 Å². The molecule has 2 aliphatic rings. The molecule has 104 valence electrons. The van der Waals surface area contributed by atoms with Crippen LogP contribution in [0.25, 0.3) is 10.8 Å². The standard InChI is InChI=1S/C18H20O2/c1-18(2)14-8-5-11-19-17(14)16-13-7-4-3-6-12(13)9-10-15(16)20-18/h3-4,6-7,9-10,14,17H,5,8,11H2,1-2H3. The fourth-order valence-corrected chi connectivity index (χ4v) is 3.79. The second-order valence-electron chi connectivity index (χ2n) is 6.44. The topological polar surface area (TPSA) is 18.5 Å². The third-order valence-electron chi connectivity index (χ3n) is 4.80. The number of hydrogen-bond donors (Lipinski definition) is 0. The van der Waals surface area contributed by atoms with Crippen LogP contribution in [0.1, 0.15) is 38.4 Å². The highest BCUT2D eigenvalue weighted by Gasteiger charge is 2.46. The quantitative estimate of drug-likeness (QED) is 0.701. The monoisotopic (exact) mass is 268 g/mol. The van der Waals surface area contributed by atoms with Crippen LogP contribution in [0, 0.1) is 5.92 Å². The summed E-state index contributed by atoms with van der Waals surface area (Å²) in [6.45, 7) is 5.24. The molecule has 2 aliphatic heterocycles. The Hall–Kier alpha value is -1.54. The second kappa shape index (κ2) is 4.23. The fraction of sp³-hybridized carbons (Fsp3) is 0.444. The molecule has 0 N–H and O–H groups in total. The zero-order valence-electron chi connectivity index (χ0n) is 12.1. The van der Waals surface area contributed by atoms with Crippen molar-refractivity contribution in [3.63, 3.8) is 0 Å². The Kier molecular flexibility index (Phi) is 2.58. The molecule has 20 heavy (non-hydrogen) atoms.